The van der Waals surface area contributed by atoms with Gasteiger partial charge in [0.25, 0.3) is 0 Å². The zero-order chi connectivity index (χ0) is 14.9. The topological polar surface area (TPSA) is 45.7 Å². The third kappa shape index (κ3) is 6.83. The molecule has 1 saturated heterocycles. The molecule has 1 aromatic heterocycles. The minimum Gasteiger partial charge on any atom is -0.378 e. The van der Waals surface area contributed by atoms with Gasteiger partial charge in [-0.2, -0.15) is 0 Å². The molecule has 0 amide bonds. The molecule has 6 heteroatoms. The van der Waals surface area contributed by atoms with Crippen LogP contribution in [-0.4, -0.2) is 31.8 Å². The molecule has 1 aliphatic rings. The van der Waals surface area contributed by atoms with Crippen LogP contribution < -0.4 is 10.6 Å². The number of hydrogen-bond donors (Lipinski definition) is 2. The third-order valence-electron chi connectivity index (χ3n) is 3.59. The summed E-state index contributed by atoms with van der Waals surface area (Å²) in [5, 5.41) is 6.70. The highest BCUT2D eigenvalue weighted by Crippen LogP contribution is 2.17. The van der Waals surface area contributed by atoms with Gasteiger partial charge < -0.3 is 15.4 Å². The van der Waals surface area contributed by atoms with Gasteiger partial charge in [0.15, 0.2) is 5.96 Å². The minimum atomic E-state index is 0. The Hall–Kier alpha value is -0.340. The van der Waals surface area contributed by atoms with Crippen molar-refractivity contribution in [3.63, 3.8) is 0 Å². The molecular formula is C16H28IN3OS. The predicted octanol–water partition coefficient (Wildman–Crippen LogP) is 3.55. The number of nitrogens with zero attached hydrogens (tertiary/aromatic N) is 1. The number of aliphatic imine (C=N–C) groups is 1. The fourth-order valence-electron chi connectivity index (χ4n) is 2.42. The van der Waals surface area contributed by atoms with Gasteiger partial charge in [0.2, 0.25) is 0 Å². The van der Waals surface area contributed by atoms with Crippen molar-refractivity contribution in [1.82, 2.24) is 10.6 Å². The molecule has 4 nitrogen and oxygen atoms in total. The highest BCUT2D eigenvalue weighted by Gasteiger charge is 2.14. The molecule has 1 fully saturated rings. The summed E-state index contributed by atoms with van der Waals surface area (Å²) in [4.78, 5) is 7.41. The van der Waals surface area contributed by atoms with Crippen LogP contribution in [0.25, 0.3) is 0 Å². The van der Waals surface area contributed by atoms with Gasteiger partial charge >= 0.3 is 0 Å². The molecule has 2 rings (SSSR count). The van der Waals surface area contributed by atoms with E-state index >= 15 is 0 Å². The summed E-state index contributed by atoms with van der Waals surface area (Å²) in [5.74, 6) is 0.905. The van der Waals surface area contributed by atoms with Crippen LogP contribution in [0.2, 0.25) is 0 Å². The second-order valence-electron chi connectivity index (χ2n) is 5.27. The lowest BCUT2D eigenvalue weighted by Gasteiger charge is -2.13. The smallest absolute Gasteiger partial charge is 0.191 e. The molecule has 126 valence electrons. The van der Waals surface area contributed by atoms with E-state index in [9.17, 15) is 0 Å². The van der Waals surface area contributed by atoms with Gasteiger partial charge in [0.1, 0.15) is 0 Å². The highest BCUT2D eigenvalue weighted by molar-refractivity contribution is 14.0. The summed E-state index contributed by atoms with van der Waals surface area (Å²) < 4.78 is 5.64. The van der Waals surface area contributed by atoms with Crippen LogP contribution in [0, 0.1) is 0 Å². The van der Waals surface area contributed by atoms with Crippen LogP contribution in [0.15, 0.2) is 17.1 Å². The zero-order valence-corrected chi connectivity index (χ0v) is 16.7. The Morgan fingerprint density at radius 1 is 1.32 bits per heavy atom. The lowest BCUT2D eigenvalue weighted by atomic mass is 10.2. The standard InChI is InChI=1S/C16H27N3OS.HI/c1-3-14-7-8-15(21-14)12-19-16(17-4-2)18-10-9-13-6-5-11-20-13;/h7-8,13H,3-6,9-12H2,1-2H3,(H2,17,18,19);1H. The van der Waals surface area contributed by atoms with Crippen LogP contribution in [0.3, 0.4) is 0 Å². The number of rotatable bonds is 7. The van der Waals surface area contributed by atoms with Crippen molar-refractivity contribution in [2.45, 2.75) is 52.2 Å². The Morgan fingerprint density at radius 3 is 2.77 bits per heavy atom. The first-order valence-corrected chi connectivity index (χ1v) is 8.84. The van der Waals surface area contributed by atoms with Crippen LogP contribution >= 0.6 is 35.3 Å². The maximum absolute atomic E-state index is 5.64. The number of aryl methyl sites for hydroxylation is 1. The first-order chi connectivity index (χ1) is 10.3. The minimum absolute atomic E-state index is 0. The molecule has 0 spiro atoms. The number of hydrogen-bond acceptors (Lipinski definition) is 3. The van der Waals surface area contributed by atoms with Crippen LogP contribution in [0.5, 0.6) is 0 Å². The molecule has 2 N–H and O–H groups in total. The molecule has 22 heavy (non-hydrogen) atoms. The number of nitrogens with one attached hydrogen (secondary N) is 2. The Labute approximate surface area is 155 Å². The van der Waals surface area contributed by atoms with Gasteiger partial charge in [-0.3, -0.25) is 0 Å². The molecule has 2 heterocycles. The summed E-state index contributed by atoms with van der Waals surface area (Å²) in [5.41, 5.74) is 0. The van der Waals surface area contributed by atoms with Gasteiger partial charge in [-0.1, -0.05) is 6.92 Å². The quantitative estimate of drug-likeness (QED) is 0.390. The summed E-state index contributed by atoms with van der Waals surface area (Å²) in [6.07, 6.45) is 5.00. The van der Waals surface area contributed by atoms with E-state index in [0.717, 1.165) is 45.0 Å². The van der Waals surface area contributed by atoms with Crippen molar-refractivity contribution < 1.29 is 4.74 Å². The second kappa shape index (κ2) is 11.2. The maximum atomic E-state index is 5.64. The fraction of sp³-hybridized carbons (Fsp3) is 0.688. The Bertz CT molecular complexity index is 444. The van der Waals surface area contributed by atoms with E-state index in [4.69, 9.17) is 4.74 Å². The van der Waals surface area contributed by atoms with Crippen molar-refractivity contribution in [2.75, 3.05) is 19.7 Å². The van der Waals surface area contributed by atoms with Gasteiger partial charge in [-0.15, -0.1) is 35.3 Å². The van der Waals surface area contributed by atoms with Crippen molar-refractivity contribution >= 4 is 41.3 Å². The molecule has 0 aromatic carbocycles. The Balaban J connectivity index is 0.00000242. The molecule has 0 bridgehead atoms. The molecule has 0 saturated carbocycles. The van der Waals surface area contributed by atoms with E-state index < -0.39 is 0 Å². The van der Waals surface area contributed by atoms with E-state index in [1.54, 1.807) is 0 Å². The van der Waals surface area contributed by atoms with Crippen molar-refractivity contribution in [3.8, 4) is 0 Å². The van der Waals surface area contributed by atoms with Crippen LogP contribution in [0.4, 0.5) is 0 Å². The SMILES string of the molecule is CCNC(=NCc1ccc(CC)s1)NCCC1CCCO1.I. The van der Waals surface area contributed by atoms with E-state index in [1.807, 2.05) is 11.3 Å². The normalized spacial score (nSPS) is 18.1. The summed E-state index contributed by atoms with van der Waals surface area (Å²) in [7, 11) is 0. The highest BCUT2D eigenvalue weighted by atomic mass is 127. The van der Waals surface area contributed by atoms with Crippen LogP contribution in [-0.2, 0) is 17.7 Å². The van der Waals surface area contributed by atoms with Crippen LogP contribution in [0.1, 0.15) is 42.9 Å². The summed E-state index contributed by atoms with van der Waals surface area (Å²) in [6.45, 7) is 7.77. The van der Waals surface area contributed by atoms with E-state index in [-0.39, 0.29) is 24.0 Å². The second-order valence-corrected chi connectivity index (χ2v) is 6.52. The molecular weight excluding hydrogens is 409 g/mol. The first-order valence-electron chi connectivity index (χ1n) is 8.03. The fourth-order valence-corrected chi connectivity index (χ4v) is 3.30. The molecule has 1 atom stereocenters. The molecule has 0 aliphatic carbocycles. The van der Waals surface area contributed by atoms with Gasteiger partial charge in [-0.25, -0.2) is 4.99 Å². The Morgan fingerprint density at radius 2 is 2.14 bits per heavy atom. The molecule has 1 unspecified atom stereocenters. The lowest BCUT2D eigenvalue weighted by Crippen LogP contribution is -2.38. The monoisotopic (exact) mass is 437 g/mol. The van der Waals surface area contributed by atoms with Crippen molar-refractivity contribution in [3.05, 3.63) is 21.9 Å². The Kier molecular flexibility index (Phi) is 10.1. The van der Waals surface area contributed by atoms with E-state index in [0.29, 0.717) is 6.10 Å². The molecule has 1 aliphatic heterocycles. The maximum Gasteiger partial charge on any atom is 0.191 e. The van der Waals surface area contributed by atoms with E-state index in [2.05, 4.69) is 41.6 Å². The summed E-state index contributed by atoms with van der Waals surface area (Å²) in [6, 6.07) is 4.39. The average Bonchev–Trinajstić information content (AvgIpc) is 3.16. The third-order valence-corrected chi connectivity index (χ3v) is 4.80. The van der Waals surface area contributed by atoms with Gasteiger partial charge in [0, 0.05) is 29.5 Å². The van der Waals surface area contributed by atoms with Gasteiger partial charge in [-0.05, 0) is 44.7 Å². The van der Waals surface area contributed by atoms with Crippen molar-refractivity contribution in [2.24, 2.45) is 4.99 Å². The predicted molar refractivity (Wildman–Crippen MR) is 106 cm³/mol. The molecule has 0 radical (unpaired) electrons. The number of guanidine groups is 1. The van der Waals surface area contributed by atoms with Gasteiger partial charge in [0.05, 0.1) is 12.6 Å². The number of thiophene rings is 1. The van der Waals surface area contributed by atoms with E-state index in [1.165, 1.54) is 22.6 Å². The lowest BCUT2D eigenvalue weighted by molar-refractivity contribution is 0.105. The number of halogens is 1. The molecule has 1 aromatic rings. The number of ether oxygens (including phenoxy) is 1. The largest absolute Gasteiger partial charge is 0.378 e. The summed E-state index contributed by atoms with van der Waals surface area (Å²) >= 11 is 1.85. The average molecular weight is 437 g/mol. The zero-order valence-electron chi connectivity index (χ0n) is 13.6. The first kappa shape index (κ1) is 19.7. The van der Waals surface area contributed by atoms with Crippen molar-refractivity contribution in [1.29, 1.82) is 0 Å².